The third kappa shape index (κ3) is 4.01. The number of anilines is 1. The molecular weight excluding hydrogens is 222 g/mol. The number of nitrogens with one attached hydrogen (secondary N) is 2. The molecule has 2 N–H and O–H groups in total. The number of terminal acetylenes is 1. The van der Waals surface area contributed by atoms with Crippen LogP contribution in [0.4, 0.5) is 5.13 Å². The monoisotopic (exact) mass is 237 g/mol. The van der Waals surface area contributed by atoms with E-state index >= 15 is 0 Å². The van der Waals surface area contributed by atoms with Crippen molar-refractivity contribution < 1.29 is 4.79 Å². The topological polar surface area (TPSA) is 54.0 Å². The molecule has 0 spiro atoms. The Hall–Kier alpha value is -1.38. The van der Waals surface area contributed by atoms with Crippen molar-refractivity contribution in [2.45, 2.75) is 19.8 Å². The summed E-state index contributed by atoms with van der Waals surface area (Å²) in [5.74, 6) is 2.65. The van der Waals surface area contributed by atoms with Gasteiger partial charge >= 0.3 is 0 Å². The number of thiazole rings is 1. The predicted molar refractivity (Wildman–Crippen MR) is 66.5 cm³/mol. The minimum Gasteiger partial charge on any atom is -0.301 e. The summed E-state index contributed by atoms with van der Waals surface area (Å²) in [6.07, 6.45) is 5.05. The fraction of sp³-hybridized carbons (Fsp3) is 0.455. The summed E-state index contributed by atoms with van der Waals surface area (Å²) in [7, 11) is 0. The molecule has 1 aromatic heterocycles. The molecule has 0 saturated heterocycles. The van der Waals surface area contributed by atoms with Crippen LogP contribution in [-0.2, 0) is 4.79 Å². The van der Waals surface area contributed by atoms with E-state index in [1.54, 1.807) is 0 Å². The first-order chi connectivity index (χ1) is 7.63. The molecule has 0 radical (unpaired) electrons. The number of nitrogens with zero attached hydrogens (tertiary/aromatic N) is 1. The van der Waals surface area contributed by atoms with Crippen LogP contribution in [0.1, 0.15) is 25.5 Å². The average molecular weight is 237 g/mol. The van der Waals surface area contributed by atoms with Crippen molar-refractivity contribution in [3.63, 3.8) is 0 Å². The maximum Gasteiger partial charge on any atom is 0.240 e. The number of hydrogen-bond donors (Lipinski definition) is 2. The second-order valence-electron chi connectivity index (χ2n) is 3.59. The SMILES string of the molecule is C#CCNCC(=O)Nc1nc(C(C)C)cs1. The van der Waals surface area contributed by atoms with Crippen LogP contribution in [0.5, 0.6) is 0 Å². The Kier molecular flexibility index (Phi) is 4.96. The number of carbonyl (C=O) groups excluding carboxylic acids is 1. The molecule has 0 aliphatic heterocycles. The van der Waals surface area contributed by atoms with Crippen LogP contribution in [0.3, 0.4) is 0 Å². The summed E-state index contributed by atoms with van der Waals surface area (Å²) in [6.45, 7) is 4.73. The summed E-state index contributed by atoms with van der Waals surface area (Å²) < 4.78 is 0. The number of amides is 1. The van der Waals surface area contributed by atoms with Gasteiger partial charge in [-0.2, -0.15) is 0 Å². The first kappa shape index (κ1) is 12.7. The molecule has 0 aliphatic rings. The predicted octanol–water partition coefficient (Wildman–Crippen LogP) is 1.43. The smallest absolute Gasteiger partial charge is 0.240 e. The lowest BCUT2D eigenvalue weighted by atomic mass is 10.2. The molecule has 86 valence electrons. The minimum atomic E-state index is -0.125. The highest BCUT2D eigenvalue weighted by Crippen LogP contribution is 2.21. The Morgan fingerprint density at radius 3 is 3.00 bits per heavy atom. The Balaban J connectivity index is 2.41. The van der Waals surface area contributed by atoms with Gasteiger partial charge in [0.15, 0.2) is 5.13 Å². The van der Waals surface area contributed by atoms with Crippen molar-refractivity contribution in [3.8, 4) is 12.3 Å². The van der Waals surface area contributed by atoms with Crippen LogP contribution in [0.25, 0.3) is 0 Å². The average Bonchev–Trinajstić information content (AvgIpc) is 2.66. The Labute approximate surface area is 99.5 Å². The summed E-state index contributed by atoms with van der Waals surface area (Å²) >= 11 is 1.43. The van der Waals surface area contributed by atoms with E-state index in [9.17, 15) is 4.79 Å². The van der Waals surface area contributed by atoms with Gasteiger partial charge in [0.1, 0.15) is 0 Å². The van der Waals surface area contributed by atoms with Crippen molar-refractivity contribution in [1.29, 1.82) is 0 Å². The number of carbonyl (C=O) groups is 1. The lowest BCUT2D eigenvalue weighted by Gasteiger charge is -2.01. The van der Waals surface area contributed by atoms with Crippen LogP contribution in [0.2, 0.25) is 0 Å². The van der Waals surface area contributed by atoms with Crippen molar-refractivity contribution >= 4 is 22.4 Å². The second kappa shape index (κ2) is 6.26. The van der Waals surface area contributed by atoms with Gasteiger partial charge in [-0.15, -0.1) is 17.8 Å². The van der Waals surface area contributed by atoms with Gasteiger partial charge in [-0.3, -0.25) is 10.1 Å². The first-order valence-corrected chi connectivity index (χ1v) is 5.91. The minimum absolute atomic E-state index is 0.125. The first-order valence-electron chi connectivity index (χ1n) is 5.03. The number of aromatic nitrogens is 1. The third-order valence-electron chi connectivity index (χ3n) is 1.87. The molecule has 16 heavy (non-hydrogen) atoms. The van der Waals surface area contributed by atoms with Gasteiger partial charge in [-0.1, -0.05) is 19.8 Å². The van der Waals surface area contributed by atoms with Gasteiger partial charge in [0.05, 0.1) is 18.8 Å². The molecule has 5 heteroatoms. The maximum absolute atomic E-state index is 11.4. The molecule has 1 aromatic rings. The largest absolute Gasteiger partial charge is 0.301 e. The summed E-state index contributed by atoms with van der Waals surface area (Å²) in [5.41, 5.74) is 0.997. The molecule has 4 nitrogen and oxygen atoms in total. The summed E-state index contributed by atoms with van der Waals surface area (Å²) in [6, 6.07) is 0. The highest BCUT2D eigenvalue weighted by molar-refractivity contribution is 7.13. The molecule has 0 atom stereocenters. The fourth-order valence-corrected chi connectivity index (χ4v) is 1.91. The standard InChI is InChI=1S/C11H15N3OS/c1-4-5-12-6-10(15)14-11-13-9(7-16-11)8(2)3/h1,7-8,12H,5-6H2,2-3H3,(H,13,14,15). The lowest BCUT2D eigenvalue weighted by molar-refractivity contribution is -0.115. The summed E-state index contributed by atoms with van der Waals surface area (Å²) in [4.78, 5) is 15.7. The van der Waals surface area contributed by atoms with Crippen LogP contribution in [0, 0.1) is 12.3 Å². The molecule has 0 bridgehead atoms. The maximum atomic E-state index is 11.4. The van der Waals surface area contributed by atoms with E-state index in [1.807, 2.05) is 5.38 Å². The Morgan fingerprint density at radius 2 is 2.44 bits per heavy atom. The summed E-state index contributed by atoms with van der Waals surface area (Å²) in [5, 5.41) is 8.12. The number of rotatable bonds is 5. The Morgan fingerprint density at radius 1 is 1.69 bits per heavy atom. The molecule has 1 heterocycles. The molecule has 1 rings (SSSR count). The van der Waals surface area contributed by atoms with E-state index < -0.39 is 0 Å². The van der Waals surface area contributed by atoms with Crippen LogP contribution in [-0.4, -0.2) is 24.0 Å². The zero-order chi connectivity index (χ0) is 12.0. The number of hydrogen-bond acceptors (Lipinski definition) is 4. The van der Waals surface area contributed by atoms with Crippen LogP contribution in [0.15, 0.2) is 5.38 Å². The van der Waals surface area contributed by atoms with Crippen molar-refractivity contribution in [2.24, 2.45) is 0 Å². The highest BCUT2D eigenvalue weighted by Gasteiger charge is 2.07. The van der Waals surface area contributed by atoms with E-state index in [1.165, 1.54) is 11.3 Å². The van der Waals surface area contributed by atoms with E-state index in [0.29, 0.717) is 17.6 Å². The molecule has 0 aromatic carbocycles. The van der Waals surface area contributed by atoms with Gasteiger partial charge in [0.2, 0.25) is 5.91 Å². The highest BCUT2D eigenvalue weighted by atomic mass is 32.1. The van der Waals surface area contributed by atoms with Crippen LogP contribution >= 0.6 is 11.3 Å². The van der Waals surface area contributed by atoms with E-state index in [4.69, 9.17) is 6.42 Å². The zero-order valence-electron chi connectivity index (χ0n) is 9.41. The molecule has 0 aliphatic carbocycles. The van der Waals surface area contributed by atoms with E-state index in [-0.39, 0.29) is 12.5 Å². The van der Waals surface area contributed by atoms with Gasteiger partial charge in [0.25, 0.3) is 0 Å². The zero-order valence-corrected chi connectivity index (χ0v) is 10.2. The van der Waals surface area contributed by atoms with Crippen molar-refractivity contribution in [2.75, 3.05) is 18.4 Å². The fourth-order valence-electron chi connectivity index (χ4n) is 1.02. The molecular formula is C11H15N3OS. The molecule has 0 fully saturated rings. The molecule has 0 saturated carbocycles. The second-order valence-corrected chi connectivity index (χ2v) is 4.45. The van der Waals surface area contributed by atoms with Gasteiger partial charge in [-0.05, 0) is 5.92 Å². The molecule has 1 amide bonds. The third-order valence-corrected chi connectivity index (χ3v) is 2.65. The molecule has 0 unspecified atom stereocenters. The lowest BCUT2D eigenvalue weighted by Crippen LogP contribution is -2.28. The quantitative estimate of drug-likeness (QED) is 0.601. The van der Waals surface area contributed by atoms with E-state index in [0.717, 1.165) is 5.69 Å². The van der Waals surface area contributed by atoms with Gasteiger partial charge in [0, 0.05) is 5.38 Å². The van der Waals surface area contributed by atoms with Gasteiger partial charge < -0.3 is 5.32 Å². The van der Waals surface area contributed by atoms with Crippen molar-refractivity contribution in [3.05, 3.63) is 11.1 Å². The normalized spacial score (nSPS) is 10.1. The van der Waals surface area contributed by atoms with E-state index in [2.05, 4.69) is 35.4 Å². The Bertz CT molecular complexity index is 392. The van der Waals surface area contributed by atoms with Crippen molar-refractivity contribution in [1.82, 2.24) is 10.3 Å². The van der Waals surface area contributed by atoms with Gasteiger partial charge in [-0.25, -0.2) is 4.98 Å². The van der Waals surface area contributed by atoms with Crippen LogP contribution < -0.4 is 10.6 Å².